The maximum atomic E-state index is 14.2. The van der Waals surface area contributed by atoms with Crippen LogP contribution < -0.4 is 9.47 Å². The summed E-state index contributed by atoms with van der Waals surface area (Å²) in [5.41, 5.74) is 5.04. The van der Waals surface area contributed by atoms with Gasteiger partial charge in [-0.05, 0) is 65.8 Å². The summed E-state index contributed by atoms with van der Waals surface area (Å²) in [6, 6.07) is 17.3. The monoisotopic (exact) mass is 562 g/mol. The van der Waals surface area contributed by atoms with Crippen LogP contribution in [0.5, 0.6) is 11.5 Å². The SMILES string of the molecule is COC(=O)C[C@@H]1COc2cc(O[C@@H]3CCc4c3ccc(C(F)(F)F)c4-c3ccc(-c4cc(C)nn4C)cc3)ccc21. The first-order chi connectivity index (χ1) is 19.6. The number of hydrogen-bond donors (Lipinski definition) is 0. The fourth-order valence-corrected chi connectivity index (χ4v) is 5.99. The van der Waals surface area contributed by atoms with Crippen molar-refractivity contribution >= 4 is 5.97 Å². The van der Waals surface area contributed by atoms with Gasteiger partial charge in [0.25, 0.3) is 0 Å². The molecule has 9 heteroatoms. The number of ether oxygens (including phenoxy) is 3. The Morgan fingerprint density at radius 3 is 2.46 bits per heavy atom. The minimum atomic E-state index is -4.50. The number of nitrogens with zero attached hydrogens (tertiary/aromatic N) is 2. The van der Waals surface area contributed by atoms with Crippen LogP contribution in [0.25, 0.3) is 22.4 Å². The van der Waals surface area contributed by atoms with Crippen LogP contribution in [0.2, 0.25) is 0 Å². The number of methoxy groups -OCH3 is 1. The van der Waals surface area contributed by atoms with Crippen molar-refractivity contribution in [2.45, 2.75) is 44.4 Å². The Morgan fingerprint density at radius 1 is 1.05 bits per heavy atom. The highest BCUT2D eigenvalue weighted by molar-refractivity contribution is 5.76. The molecule has 0 unspecified atom stereocenters. The number of carbonyl (C=O) groups is 1. The Bertz CT molecular complexity index is 1630. The van der Waals surface area contributed by atoms with Crippen LogP contribution in [-0.2, 0) is 29.2 Å². The van der Waals surface area contributed by atoms with Gasteiger partial charge in [0.15, 0.2) is 0 Å². The van der Waals surface area contributed by atoms with Crippen molar-refractivity contribution in [3.63, 3.8) is 0 Å². The van der Waals surface area contributed by atoms with Crippen molar-refractivity contribution in [3.05, 3.63) is 88.6 Å². The molecule has 0 saturated heterocycles. The van der Waals surface area contributed by atoms with E-state index >= 15 is 0 Å². The summed E-state index contributed by atoms with van der Waals surface area (Å²) < 4.78 is 61.3. The normalized spacial score (nSPS) is 17.6. The average molecular weight is 563 g/mol. The van der Waals surface area contributed by atoms with E-state index in [4.69, 9.17) is 14.2 Å². The smallest absolute Gasteiger partial charge is 0.417 e. The lowest BCUT2D eigenvalue weighted by Gasteiger charge is -2.20. The first kappa shape index (κ1) is 26.9. The summed E-state index contributed by atoms with van der Waals surface area (Å²) in [7, 11) is 3.20. The first-order valence-electron chi connectivity index (χ1n) is 13.5. The lowest BCUT2D eigenvalue weighted by atomic mass is 9.90. The molecule has 4 aromatic rings. The predicted octanol–water partition coefficient (Wildman–Crippen LogP) is 7.19. The molecule has 3 aromatic carbocycles. The summed E-state index contributed by atoms with van der Waals surface area (Å²) in [4.78, 5) is 11.7. The number of alkyl halides is 3. The van der Waals surface area contributed by atoms with Crippen molar-refractivity contribution in [3.8, 4) is 33.9 Å². The van der Waals surface area contributed by atoms with Crippen molar-refractivity contribution in [1.29, 1.82) is 0 Å². The van der Waals surface area contributed by atoms with Gasteiger partial charge >= 0.3 is 12.1 Å². The molecule has 6 nitrogen and oxygen atoms in total. The van der Waals surface area contributed by atoms with Crippen molar-refractivity contribution in [1.82, 2.24) is 9.78 Å². The number of aromatic nitrogens is 2. The molecule has 2 atom stereocenters. The van der Waals surface area contributed by atoms with E-state index in [2.05, 4.69) is 5.10 Å². The van der Waals surface area contributed by atoms with E-state index in [0.717, 1.165) is 34.1 Å². The molecule has 0 N–H and O–H groups in total. The van der Waals surface area contributed by atoms with E-state index in [1.165, 1.54) is 7.11 Å². The van der Waals surface area contributed by atoms with Crippen LogP contribution in [0.4, 0.5) is 13.2 Å². The van der Waals surface area contributed by atoms with Crippen molar-refractivity contribution in [2.75, 3.05) is 13.7 Å². The Hall–Kier alpha value is -4.27. The lowest BCUT2D eigenvalue weighted by Crippen LogP contribution is -2.10. The van der Waals surface area contributed by atoms with Gasteiger partial charge < -0.3 is 14.2 Å². The number of hydrogen-bond acceptors (Lipinski definition) is 5. The molecule has 1 aliphatic heterocycles. The summed E-state index contributed by atoms with van der Waals surface area (Å²) >= 11 is 0. The Kier molecular flexibility index (Phi) is 6.76. The average Bonchev–Trinajstić information content (AvgIpc) is 3.64. The Balaban J connectivity index is 1.30. The van der Waals surface area contributed by atoms with Crippen molar-refractivity contribution in [2.24, 2.45) is 7.05 Å². The molecule has 0 bridgehead atoms. The number of fused-ring (bicyclic) bond motifs is 2. The van der Waals surface area contributed by atoms with E-state index < -0.39 is 17.8 Å². The number of esters is 1. The van der Waals surface area contributed by atoms with Gasteiger partial charge in [0, 0.05) is 24.6 Å². The number of halogens is 3. The van der Waals surface area contributed by atoms with E-state index in [1.54, 1.807) is 28.9 Å². The second kappa shape index (κ2) is 10.3. The van der Waals surface area contributed by atoms with E-state index in [9.17, 15) is 18.0 Å². The maximum Gasteiger partial charge on any atom is 0.417 e. The zero-order valence-electron chi connectivity index (χ0n) is 22.9. The predicted molar refractivity (Wildman–Crippen MR) is 147 cm³/mol. The van der Waals surface area contributed by atoms with Gasteiger partial charge in [0.2, 0.25) is 0 Å². The van der Waals surface area contributed by atoms with E-state index in [-0.39, 0.29) is 23.9 Å². The fraction of sp³-hybridized carbons (Fsp3) is 0.312. The van der Waals surface area contributed by atoms with Crippen LogP contribution in [0.15, 0.2) is 60.7 Å². The summed E-state index contributed by atoms with van der Waals surface area (Å²) in [6.45, 7) is 2.28. The maximum absolute atomic E-state index is 14.2. The topological polar surface area (TPSA) is 62.6 Å². The van der Waals surface area contributed by atoms with Gasteiger partial charge in [-0.3, -0.25) is 9.48 Å². The van der Waals surface area contributed by atoms with Crippen molar-refractivity contribution < 1.29 is 32.2 Å². The number of carbonyl (C=O) groups excluding carboxylic acids is 1. The molecule has 0 spiro atoms. The fourth-order valence-electron chi connectivity index (χ4n) is 5.99. The van der Waals surface area contributed by atoms with Gasteiger partial charge in [-0.25, -0.2) is 0 Å². The van der Waals surface area contributed by atoms with E-state index in [1.807, 2.05) is 44.3 Å². The molecule has 0 fully saturated rings. The number of benzene rings is 3. The van der Waals surface area contributed by atoms with Gasteiger partial charge in [-0.1, -0.05) is 36.4 Å². The summed E-state index contributed by atoms with van der Waals surface area (Å²) in [6.07, 6.45) is -3.65. The zero-order valence-corrected chi connectivity index (χ0v) is 22.9. The van der Waals surface area contributed by atoms with Crippen LogP contribution in [0, 0.1) is 6.92 Å². The highest BCUT2D eigenvalue weighted by atomic mass is 19.4. The van der Waals surface area contributed by atoms with Gasteiger partial charge in [0.05, 0.1) is 37.1 Å². The standard InChI is InChI=1S/C32H29F3N2O4/c1-18-14-27(37(2)36-18)19-4-6-20(7-5-19)31-25-11-13-28(24(25)10-12-26(31)32(33,34)35)41-22-8-9-23-21(15-30(38)39-3)17-40-29(23)16-22/h4-10,12,14,16,21,28H,11,13,15,17H2,1-3H3/t21-,28-/m1/s1. The molecule has 0 amide bonds. The van der Waals surface area contributed by atoms with Crippen LogP contribution in [0.3, 0.4) is 0 Å². The molecule has 6 rings (SSSR count). The minimum absolute atomic E-state index is 0.0876. The molecule has 0 saturated carbocycles. The van der Waals surface area contributed by atoms with Crippen LogP contribution in [0.1, 0.15) is 52.8 Å². The minimum Gasteiger partial charge on any atom is -0.492 e. The molecular weight excluding hydrogens is 533 g/mol. The Labute approximate surface area is 235 Å². The molecule has 212 valence electrons. The molecule has 0 radical (unpaired) electrons. The summed E-state index contributed by atoms with van der Waals surface area (Å²) in [5, 5.41) is 4.37. The zero-order chi connectivity index (χ0) is 28.9. The van der Waals surface area contributed by atoms with Gasteiger partial charge in [-0.2, -0.15) is 18.3 Å². The van der Waals surface area contributed by atoms with Gasteiger partial charge in [-0.15, -0.1) is 0 Å². The summed E-state index contributed by atoms with van der Waals surface area (Å²) in [5.74, 6) is 0.824. The molecule has 1 aromatic heterocycles. The largest absolute Gasteiger partial charge is 0.492 e. The second-order valence-corrected chi connectivity index (χ2v) is 10.6. The molecule has 2 aliphatic rings. The second-order valence-electron chi connectivity index (χ2n) is 10.6. The molecule has 2 heterocycles. The van der Waals surface area contributed by atoms with Gasteiger partial charge in [0.1, 0.15) is 17.6 Å². The third-order valence-electron chi connectivity index (χ3n) is 7.91. The Morgan fingerprint density at radius 2 is 1.78 bits per heavy atom. The highest BCUT2D eigenvalue weighted by Gasteiger charge is 2.38. The van der Waals surface area contributed by atoms with E-state index in [0.29, 0.717) is 42.1 Å². The van der Waals surface area contributed by atoms with Crippen LogP contribution >= 0.6 is 0 Å². The molecule has 41 heavy (non-hydrogen) atoms. The van der Waals surface area contributed by atoms with Crippen LogP contribution in [-0.4, -0.2) is 29.5 Å². The molecule has 1 aliphatic carbocycles. The first-order valence-corrected chi connectivity index (χ1v) is 13.5. The highest BCUT2D eigenvalue weighted by Crippen LogP contribution is 2.47. The quantitative estimate of drug-likeness (QED) is 0.233. The number of rotatable bonds is 6. The number of aryl methyl sites for hydroxylation is 2. The lowest BCUT2D eigenvalue weighted by molar-refractivity contribution is -0.141. The molecular formula is C32H29F3N2O4. The third kappa shape index (κ3) is 5.05. The third-order valence-corrected chi connectivity index (χ3v) is 7.91.